The van der Waals surface area contributed by atoms with Crippen LogP contribution in [0, 0.1) is 0 Å². The number of aromatic amines is 1. The Morgan fingerprint density at radius 1 is 1.21 bits per heavy atom. The van der Waals surface area contributed by atoms with E-state index >= 15 is 0 Å². The molecule has 4 rings (SSSR count). The number of hydrogen-bond acceptors (Lipinski definition) is 6. The lowest BCUT2D eigenvalue weighted by Crippen LogP contribution is -2.24. The van der Waals surface area contributed by atoms with Crippen LogP contribution in [0.15, 0.2) is 64.4 Å². The molecule has 0 aliphatic carbocycles. The molecule has 0 radical (unpaired) electrons. The lowest BCUT2D eigenvalue weighted by Gasteiger charge is -2.06. The van der Waals surface area contributed by atoms with E-state index in [1.807, 2.05) is 54.7 Å². The molecule has 142 valence electrons. The highest BCUT2D eigenvalue weighted by Crippen LogP contribution is 2.29. The Hall–Kier alpha value is -3.26. The van der Waals surface area contributed by atoms with Gasteiger partial charge in [-0.15, -0.1) is 10.2 Å². The van der Waals surface area contributed by atoms with Gasteiger partial charge in [-0.05, 0) is 23.8 Å². The molecule has 0 fully saturated rings. The zero-order valence-electron chi connectivity index (χ0n) is 15.1. The van der Waals surface area contributed by atoms with Crippen molar-refractivity contribution in [3.05, 3.63) is 60.3 Å². The number of aromatic nitrogens is 3. The standard InChI is InChI=1S/C20H18N4O3S/c1-26-14-6-4-5-13(9-14)10-22-18(25)12-28-20-24-23-19(27-20)16-11-21-17-8-3-2-7-15(16)17/h2-9,11,21H,10,12H2,1H3,(H,22,25). The number of amides is 1. The van der Waals surface area contributed by atoms with Crippen molar-refractivity contribution in [2.45, 2.75) is 11.8 Å². The van der Waals surface area contributed by atoms with Gasteiger partial charge in [0.1, 0.15) is 5.75 Å². The van der Waals surface area contributed by atoms with Crippen molar-refractivity contribution < 1.29 is 13.9 Å². The molecular formula is C20H18N4O3S. The summed E-state index contributed by atoms with van der Waals surface area (Å²) in [7, 11) is 1.61. The fraction of sp³-hybridized carbons (Fsp3) is 0.150. The molecule has 0 bridgehead atoms. The van der Waals surface area contributed by atoms with E-state index in [4.69, 9.17) is 9.15 Å². The average molecular weight is 394 g/mol. The van der Waals surface area contributed by atoms with Crippen molar-refractivity contribution in [1.82, 2.24) is 20.5 Å². The van der Waals surface area contributed by atoms with Gasteiger partial charge in [-0.25, -0.2) is 0 Å². The van der Waals surface area contributed by atoms with Crippen LogP contribution < -0.4 is 10.1 Å². The van der Waals surface area contributed by atoms with Crippen molar-refractivity contribution in [3.63, 3.8) is 0 Å². The van der Waals surface area contributed by atoms with E-state index in [1.165, 1.54) is 11.8 Å². The summed E-state index contributed by atoms with van der Waals surface area (Å²) in [5.41, 5.74) is 2.82. The zero-order chi connectivity index (χ0) is 19.3. The number of carbonyl (C=O) groups excluding carboxylic acids is 1. The Morgan fingerprint density at radius 2 is 2.11 bits per heavy atom. The summed E-state index contributed by atoms with van der Waals surface area (Å²) >= 11 is 1.21. The predicted molar refractivity (Wildman–Crippen MR) is 107 cm³/mol. The van der Waals surface area contributed by atoms with E-state index in [0.717, 1.165) is 27.8 Å². The van der Waals surface area contributed by atoms with Crippen molar-refractivity contribution in [3.8, 4) is 17.2 Å². The topological polar surface area (TPSA) is 93.0 Å². The summed E-state index contributed by atoms with van der Waals surface area (Å²) < 4.78 is 10.9. The highest BCUT2D eigenvalue weighted by Gasteiger charge is 2.14. The van der Waals surface area contributed by atoms with Crippen LogP contribution in [-0.2, 0) is 11.3 Å². The third kappa shape index (κ3) is 4.01. The molecule has 2 heterocycles. The number of carbonyl (C=O) groups is 1. The molecule has 0 saturated carbocycles. The van der Waals surface area contributed by atoms with Crippen LogP contribution in [0.1, 0.15) is 5.56 Å². The molecule has 2 aromatic carbocycles. The number of para-hydroxylation sites is 1. The second-order valence-electron chi connectivity index (χ2n) is 6.04. The number of nitrogens with zero attached hydrogens (tertiary/aromatic N) is 2. The Labute approximate surface area is 165 Å². The fourth-order valence-corrected chi connectivity index (χ4v) is 3.38. The van der Waals surface area contributed by atoms with Gasteiger partial charge in [-0.2, -0.15) is 0 Å². The largest absolute Gasteiger partial charge is 0.497 e. The minimum atomic E-state index is -0.111. The Morgan fingerprint density at radius 3 is 3.00 bits per heavy atom. The normalized spacial score (nSPS) is 10.9. The number of H-pyrrole nitrogens is 1. The highest BCUT2D eigenvalue weighted by molar-refractivity contribution is 7.99. The molecule has 0 saturated heterocycles. The molecule has 2 N–H and O–H groups in total. The Balaban J connectivity index is 1.33. The number of benzene rings is 2. The van der Waals surface area contributed by atoms with Crippen LogP contribution in [0.25, 0.3) is 22.4 Å². The second kappa shape index (κ2) is 8.18. The van der Waals surface area contributed by atoms with E-state index in [-0.39, 0.29) is 11.7 Å². The lowest BCUT2D eigenvalue weighted by molar-refractivity contribution is -0.118. The molecule has 0 spiro atoms. The number of nitrogens with one attached hydrogen (secondary N) is 2. The monoisotopic (exact) mass is 394 g/mol. The van der Waals surface area contributed by atoms with Crippen LogP contribution in [0.5, 0.6) is 5.75 Å². The van der Waals surface area contributed by atoms with Crippen LogP contribution >= 0.6 is 11.8 Å². The second-order valence-corrected chi connectivity index (χ2v) is 6.96. The van der Waals surface area contributed by atoms with Crippen molar-refractivity contribution >= 4 is 28.6 Å². The highest BCUT2D eigenvalue weighted by atomic mass is 32.2. The number of ether oxygens (including phenoxy) is 1. The maximum absolute atomic E-state index is 12.1. The summed E-state index contributed by atoms with van der Waals surface area (Å²) in [6, 6.07) is 15.5. The van der Waals surface area contributed by atoms with Crippen molar-refractivity contribution in [2.75, 3.05) is 12.9 Å². The van der Waals surface area contributed by atoms with Crippen LogP contribution in [0.2, 0.25) is 0 Å². The molecular weight excluding hydrogens is 376 g/mol. The third-order valence-corrected chi connectivity index (χ3v) is 5.00. The molecule has 0 aliphatic heterocycles. The van der Waals surface area contributed by atoms with Gasteiger partial charge in [-0.1, -0.05) is 42.1 Å². The molecule has 0 unspecified atom stereocenters. The first-order valence-corrected chi connectivity index (χ1v) is 9.64. The van der Waals surface area contributed by atoms with E-state index in [2.05, 4.69) is 20.5 Å². The molecule has 4 aromatic rings. The van der Waals surface area contributed by atoms with E-state index < -0.39 is 0 Å². The first-order valence-electron chi connectivity index (χ1n) is 8.65. The smallest absolute Gasteiger partial charge is 0.277 e. The molecule has 7 nitrogen and oxygen atoms in total. The minimum absolute atomic E-state index is 0.111. The summed E-state index contributed by atoms with van der Waals surface area (Å²) in [5.74, 6) is 1.27. The summed E-state index contributed by atoms with van der Waals surface area (Å²) in [6.45, 7) is 0.432. The van der Waals surface area contributed by atoms with Crippen molar-refractivity contribution in [1.29, 1.82) is 0 Å². The van der Waals surface area contributed by atoms with Crippen LogP contribution in [-0.4, -0.2) is 34.0 Å². The first-order chi connectivity index (χ1) is 13.7. The molecule has 8 heteroatoms. The van der Waals surface area contributed by atoms with Gasteiger partial charge in [0.05, 0.1) is 18.4 Å². The molecule has 0 aliphatic rings. The van der Waals surface area contributed by atoms with Crippen LogP contribution in [0.4, 0.5) is 0 Å². The average Bonchev–Trinajstić information content (AvgIpc) is 3.37. The lowest BCUT2D eigenvalue weighted by atomic mass is 10.2. The number of hydrogen-bond donors (Lipinski definition) is 2. The number of rotatable bonds is 7. The SMILES string of the molecule is COc1cccc(CNC(=O)CSc2nnc(-c3c[nH]c4ccccc34)o2)c1. The predicted octanol–water partition coefficient (Wildman–Crippen LogP) is 3.64. The van der Waals surface area contributed by atoms with E-state index in [1.54, 1.807) is 7.11 Å². The van der Waals surface area contributed by atoms with Gasteiger partial charge >= 0.3 is 0 Å². The fourth-order valence-electron chi connectivity index (χ4n) is 2.79. The summed E-state index contributed by atoms with van der Waals surface area (Å²) in [5, 5.41) is 12.4. The van der Waals surface area contributed by atoms with Gasteiger partial charge in [0.25, 0.3) is 11.1 Å². The van der Waals surface area contributed by atoms with E-state index in [9.17, 15) is 4.79 Å². The van der Waals surface area contributed by atoms with Gasteiger partial charge in [0.2, 0.25) is 5.91 Å². The Kier molecular flexibility index (Phi) is 5.29. The van der Waals surface area contributed by atoms with Gasteiger partial charge in [-0.3, -0.25) is 4.79 Å². The summed E-state index contributed by atoms with van der Waals surface area (Å²) in [6.07, 6.45) is 1.84. The number of methoxy groups -OCH3 is 1. The zero-order valence-corrected chi connectivity index (χ0v) is 16.0. The minimum Gasteiger partial charge on any atom is -0.497 e. The molecule has 28 heavy (non-hydrogen) atoms. The van der Waals surface area contributed by atoms with Crippen LogP contribution in [0.3, 0.4) is 0 Å². The molecule has 2 aromatic heterocycles. The van der Waals surface area contributed by atoms with Gasteiger partial charge in [0, 0.05) is 23.6 Å². The molecule has 0 atom stereocenters. The third-order valence-electron chi connectivity index (χ3n) is 4.18. The molecule has 1 amide bonds. The maximum Gasteiger partial charge on any atom is 0.277 e. The van der Waals surface area contributed by atoms with Gasteiger partial charge in [0.15, 0.2) is 0 Å². The van der Waals surface area contributed by atoms with Gasteiger partial charge < -0.3 is 19.5 Å². The first kappa shape index (κ1) is 18.1. The number of thioether (sulfide) groups is 1. The van der Waals surface area contributed by atoms with E-state index in [0.29, 0.717) is 17.7 Å². The quantitative estimate of drug-likeness (QED) is 0.465. The Bertz CT molecular complexity index is 1110. The van der Waals surface area contributed by atoms with Crippen molar-refractivity contribution in [2.24, 2.45) is 0 Å². The number of fused-ring (bicyclic) bond motifs is 1. The summed E-state index contributed by atoms with van der Waals surface area (Å²) in [4.78, 5) is 15.3. The maximum atomic E-state index is 12.1.